The maximum absolute atomic E-state index is 13.8. The Morgan fingerprint density at radius 2 is 2.26 bits per heavy atom. The Kier molecular flexibility index (Phi) is 5.72. The molecule has 7 heteroatoms. The number of nitrogens with zero attached hydrogens (tertiary/aromatic N) is 2. The first-order valence-corrected chi connectivity index (χ1v) is 8.11. The number of halogens is 2. The van der Waals surface area contributed by atoms with E-state index in [1.165, 1.54) is 23.5 Å². The summed E-state index contributed by atoms with van der Waals surface area (Å²) in [5.41, 5.74) is 0.778. The van der Waals surface area contributed by atoms with Gasteiger partial charge in [-0.1, -0.05) is 17.7 Å². The van der Waals surface area contributed by atoms with Crippen LogP contribution in [0.2, 0.25) is 5.02 Å². The summed E-state index contributed by atoms with van der Waals surface area (Å²) in [5.74, 6) is -0.666. The third kappa shape index (κ3) is 4.08. The molecule has 0 bridgehead atoms. The largest absolute Gasteiger partial charge is 0.315 e. The van der Waals surface area contributed by atoms with Gasteiger partial charge in [-0.05, 0) is 37.6 Å². The summed E-state index contributed by atoms with van der Waals surface area (Å²) < 4.78 is 13.8. The molecule has 0 unspecified atom stereocenters. The van der Waals surface area contributed by atoms with Crippen molar-refractivity contribution in [1.29, 1.82) is 5.26 Å². The number of nitriles is 1. The Hall–Kier alpha value is -1.94. The number of thiophene rings is 1. The van der Waals surface area contributed by atoms with E-state index in [9.17, 15) is 9.18 Å². The molecule has 1 atom stereocenters. The van der Waals surface area contributed by atoms with Crippen LogP contribution < -0.4 is 5.32 Å². The zero-order chi connectivity index (χ0) is 17.0. The van der Waals surface area contributed by atoms with E-state index in [-0.39, 0.29) is 12.5 Å². The topological polar surface area (TPSA) is 56.1 Å². The minimum atomic E-state index is -0.515. The summed E-state index contributed by atoms with van der Waals surface area (Å²) in [6.07, 6.45) is 0. The summed E-state index contributed by atoms with van der Waals surface area (Å²) >= 11 is 7.30. The molecule has 0 saturated carbocycles. The fourth-order valence-electron chi connectivity index (χ4n) is 1.98. The second-order valence-corrected chi connectivity index (χ2v) is 6.38. The second-order valence-electron chi connectivity index (χ2n) is 5.06. The van der Waals surface area contributed by atoms with Crippen molar-refractivity contribution in [1.82, 2.24) is 4.90 Å². The molecule has 4 nitrogen and oxygen atoms in total. The SMILES string of the molecule is C[C@@H](C(=O)Nc1sccc1C#N)N(C)Cc1c(F)cccc1Cl. The van der Waals surface area contributed by atoms with Crippen LogP contribution in [0.25, 0.3) is 0 Å². The van der Waals surface area contributed by atoms with Gasteiger partial charge in [0, 0.05) is 17.1 Å². The molecule has 1 aromatic carbocycles. The minimum absolute atomic E-state index is 0.204. The van der Waals surface area contributed by atoms with Gasteiger partial charge in [-0.2, -0.15) is 5.26 Å². The first-order valence-electron chi connectivity index (χ1n) is 6.85. The molecule has 1 amide bonds. The lowest BCUT2D eigenvalue weighted by atomic mass is 10.1. The van der Waals surface area contributed by atoms with Crippen LogP contribution in [0.15, 0.2) is 29.6 Å². The van der Waals surface area contributed by atoms with E-state index in [0.717, 1.165) is 0 Å². The molecule has 1 heterocycles. The van der Waals surface area contributed by atoms with Crippen LogP contribution >= 0.6 is 22.9 Å². The smallest absolute Gasteiger partial charge is 0.242 e. The van der Waals surface area contributed by atoms with Gasteiger partial charge in [0.05, 0.1) is 11.6 Å². The van der Waals surface area contributed by atoms with Gasteiger partial charge in [0.25, 0.3) is 0 Å². The Morgan fingerprint density at radius 3 is 2.91 bits per heavy atom. The van der Waals surface area contributed by atoms with Gasteiger partial charge >= 0.3 is 0 Å². The monoisotopic (exact) mass is 351 g/mol. The third-order valence-corrected chi connectivity index (χ3v) is 4.72. The highest BCUT2D eigenvalue weighted by Gasteiger charge is 2.21. The fourth-order valence-corrected chi connectivity index (χ4v) is 2.94. The van der Waals surface area contributed by atoms with Crippen LogP contribution in [0.5, 0.6) is 0 Å². The number of carbonyl (C=O) groups excluding carboxylic acids is 1. The molecular formula is C16H15ClFN3OS. The van der Waals surface area contributed by atoms with Crippen molar-refractivity contribution < 1.29 is 9.18 Å². The highest BCUT2D eigenvalue weighted by molar-refractivity contribution is 7.14. The van der Waals surface area contributed by atoms with Crippen LogP contribution in [0.3, 0.4) is 0 Å². The van der Waals surface area contributed by atoms with Crippen LogP contribution in [0.1, 0.15) is 18.1 Å². The van der Waals surface area contributed by atoms with E-state index < -0.39 is 11.9 Å². The molecule has 0 radical (unpaired) electrons. The number of hydrogen-bond acceptors (Lipinski definition) is 4. The molecule has 0 aliphatic carbocycles. The third-order valence-electron chi connectivity index (χ3n) is 3.53. The van der Waals surface area contributed by atoms with Crippen molar-refractivity contribution in [3.05, 3.63) is 51.6 Å². The lowest BCUT2D eigenvalue weighted by molar-refractivity contribution is -0.120. The Morgan fingerprint density at radius 1 is 1.52 bits per heavy atom. The minimum Gasteiger partial charge on any atom is -0.315 e. The summed E-state index contributed by atoms with van der Waals surface area (Å²) in [6.45, 7) is 1.92. The van der Waals surface area contributed by atoms with Gasteiger partial charge in [0.1, 0.15) is 16.9 Å². The average Bonchev–Trinajstić information content (AvgIpc) is 2.97. The van der Waals surface area contributed by atoms with E-state index in [0.29, 0.717) is 21.2 Å². The summed E-state index contributed by atoms with van der Waals surface area (Å²) in [4.78, 5) is 14.0. The van der Waals surface area contributed by atoms with E-state index in [1.54, 1.807) is 36.4 Å². The van der Waals surface area contributed by atoms with Gasteiger partial charge in [-0.3, -0.25) is 9.69 Å². The predicted octanol–water partition coefficient (Wildman–Crippen LogP) is 3.87. The molecule has 1 N–H and O–H groups in total. The molecule has 120 valence electrons. The van der Waals surface area contributed by atoms with E-state index in [1.807, 2.05) is 6.07 Å². The molecule has 0 aliphatic rings. The van der Waals surface area contributed by atoms with Gasteiger partial charge in [0.2, 0.25) is 5.91 Å². The first kappa shape index (κ1) is 17.4. The van der Waals surface area contributed by atoms with E-state index in [2.05, 4.69) is 5.32 Å². The van der Waals surface area contributed by atoms with Crippen molar-refractivity contribution in [3.63, 3.8) is 0 Å². The standard InChI is InChI=1S/C16H15ClFN3OS/c1-10(15(22)20-16-11(8-19)6-7-23-16)21(2)9-12-13(17)4-3-5-14(12)18/h3-7,10H,9H2,1-2H3,(H,20,22)/t10-/m0/s1. The molecule has 2 rings (SSSR count). The van der Waals surface area contributed by atoms with Crippen LogP contribution in [-0.2, 0) is 11.3 Å². The molecule has 0 fully saturated rings. The van der Waals surface area contributed by atoms with Crippen LogP contribution in [-0.4, -0.2) is 23.9 Å². The maximum atomic E-state index is 13.8. The summed E-state index contributed by atoms with van der Waals surface area (Å²) in [5, 5.41) is 14.3. The van der Waals surface area contributed by atoms with Crippen molar-refractivity contribution >= 4 is 33.8 Å². The summed E-state index contributed by atoms with van der Waals surface area (Å²) in [7, 11) is 1.71. The van der Waals surface area contributed by atoms with Gasteiger partial charge in [-0.25, -0.2) is 4.39 Å². The van der Waals surface area contributed by atoms with Gasteiger partial charge in [-0.15, -0.1) is 11.3 Å². The zero-order valence-corrected chi connectivity index (χ0v) is 14.2. The highest BCUT2D eigenvalue weighted by atomic mass is 35.5. The average molecular weight is 352 g/mol. The van der Waals surface area contributed by atoms with Crippen LogP contribution in [0.4, 0.5) is 9.39 Å². The molecule has 0 aliphatic heterocycles. The maximum Gasteiger partial charge on any atom is 0.242 e. The number of benzene rings is 1. The Labute approximate surface area is 143 Å². The molecule has 2 aromatic rings. The Bertz CT molecular complexity index is 736. The quantitative estimate of drug-likeness (QED) is 0.889. The number of nitrogens with one attached hydrogen (secondary N) is 1. The number of anilines is 1. The van der Waals surface area contributed by atoms with Crippen molar-refractivity contribution in [3.8, 4) is 6.07 Å². The molecule has 23 heavy (non-hydrogen) atoms. The zero-order valence-electron chi connectivity index (χ0n) is 12.6. The molecule has 0 spiro atoms. The summed E-state index contributed by atoms with van der Waals surface area (Å²) in [6, 6.07) is 7.64. The lowest BCUT2D eigenvalue weighted by Gasteiger charge is -2.24. The van der Waals surface area contributed by atoms with Crippen LogP contribution in [0, 0.1) is 17.1 Å². The van der Waals surface area contributed by atoms with Crippen molar-refractivity contribution in [2.75, 3.05) is 12.4 Å². The number of hydrogen-bond donors (Lipinski definition) is 1. The second kappa shape index (κ2) is 7.55. The molecule has 1 aromatic heterocycles. The first-order chi connectivity index (χ1) is 10.9. The van der Waals surface area contributed by atoms with Crippen molar-refractivity contribution in [2.45, 2.75) is 19.5 Å². The van der Waals surface area contributed by atoms with Gasteiger partial charge in [0.15, 0.2) is 0 Å². The number of likely N-dealkylation sites (N-methyl/N-ethyl adjacent to an activating group) is 1. The van der Waals surface area contributed by atoms with E-state index >= 15 is 0 Å². The van der Waals surface area contributed by atoms with Gasteiger partial charge < -0.3 is 5.32 Å². The number of amides is 1. The number of carbonyl (C=O) groups is 1. The fraction of sp³-hybridized carbons (Fsp3) is 0.250. The Balaban J connectivity index is 2.06. The van der Waals surface area contributed by atoms with E-state index in [4.69, 9.17) is 16.9 Å². The predicted molar refractivity (Wildman–Crippen MR) is 90.0 cm³/mol. The van der Waals surface area contributed by atoms with Crippen molar-refractivity contribution in [2.24, 2.45) is 0 Å². The lowest BCUT2D eigenvalue weighted by Crippen LogP contribution is -2.39. The molecule has 0 saturated heterocycles. The molecular weight excluding hydrogens is 337 g/mol. The number of rotatable bonds is 5. The normalized spacial score (nSPS) is 12.0. The highest BCUT2D eigenvalue weighted by Crippen LogP contribution is 2.24.